The third-order valence-electron chi connectivity index (χ3n) is 1.74. The summed E-state index contributed by atoms with van der Waals surface area (Å²) in [5.41, 5.74) is -0.321. The third kappa shape index (κ3) is 3.37. The Bertz CT molecular complexity index is 337. The van der Waals surface area contributed by atoms with Crippen LogP contribution in [0.3, 0.4) is 0 Å². The molecule has 0 amide bonds. The highest BCUT2D eigenvalue weighted by molar-refractivity contribution is 6.18. The van der Waals surface area contributed by atoms with Gasteiger partial charge >= 0.3 is 12.0 Å². The molecular weight excluding hydrogens is 232 g/mol. The molecule has 0 aromatic carbocycles. The zero-order valence-electron chi connectivity index (χ0n) is 9.74. The van der Waals surface area contributed by atoms with Crippen molar-refractivity contribution < 1.29 is 9.47 Å². The molecule has 1 N–H and O–H groups in total. The Morgan fingerprint density at radius 3 is 2.00 bits per heavy atom. The number of halogens is 1. The maximum atomic E-state index is 5.79. The number of anilines is 1. The number of nitrogens with zero attached hydrogens (tertiary/aromatic N) is 3. The highest BCUT2D eigenvalue weighted by atomic mass is 35.5. The van der Waals surface area contributed by atoms with Gasteiger partial charge in [0.25, 0.3) is 0 Å². The van der Waals surface area contributed by atoms with Gasteiger partial charge in [0.05, 0.1) is 14.2 Å². The van der Waals surface area contributed by atoms with Gasteiger partial charge in [0.2, 0.25) is 5.95 Å². The summed E-state index contributed by atoms with van der Waals surface area (Å²) in [4.78, 5) is 12.0. The number of aromatic nitrogens is 3. The minimum atomic E-state index is -0.321. The van der Waals surface area contributed by atoms with Crippen molar-refractivity contribution in [2.45, 2.75) is 19.4 Å². The number of ether oxygens (including phenoxy) is 2. The summed E-state index contributed by atoms with van der Waals surface area (Å²) in [5, 5.41) is 3.06. The van der Waals surface area contributed by atoms with Crippen LogP contribution >= 0.6 is 11.6 Å². The van der Waals surface area contributed by atoms with E-state index in [1.54, 1.807) is 0 Å². The first-order valence-electron chi connectivity index (χ1n) is 4.69. The van der Waals surface area contributed by atoms with Crippen molar-refractivity contribution in [1.82, 2.24) is 15.0 Å². The first kappa shape index (κ1) is 12.8. The fraction of sp³-hybridized carbons (Fsp3) is 0.667. The molecule has 0 unspecified atom stereocenters. The highest BCUT2D eigenvalue weighted by Crippen LogP contribution is 2.17. The van der Waals surface area contributed by atoms with E-state index >= 15 is 0 Å². The molecule has 0 radical (unpaired) electrons. The second-order valence-electron chi connectivity index (χ2n) is 3.77. The zero-order chi connectivity index (χ0) is 12.2. The SMILES string of the molecule is COc1nc(NC(C)(C)CCl)nc(OC)n1. The Balaban J connectivity index is 2.95. The second-order valence-corrected chi connectivity index (χ2v) is 4.04. The number of nitrogens with one attached hydrogen (secondary N) is 1. The van der Waals surface area contributed by atoms with Crippen molar-refractivity contribution >= 4 is 17.5 Å². The topological polar surface area (TPSA) is 69.2 Å². The standard InChI is InChI=1S/C9H15ClN4O2/c1-9(2,5-10)14-6-11-7(15-3)13-8(12-6)16-4/h5H2,1-4H3,(H,11,12,13,14). The van der Waals surface area contributed by atoms with Crippen molar-refractivity contribution in [2.24, 2.45) is 0 Å². The molecule has 1 rings (SSSR count). The molecule has 0 atom stereocenters. The lowest BCUT2D eigenvalue weighted by atomic mass is 10.1. The summed E-state index contributed by atoms with van der Waals surface area (Å²) in [6.07, 6.45) is 0. The Hall–Kier alpha value is -1.30. The van der Waals surface area contributed by atoms with Crippen LogP contribution in [0.15, 0.2) is 0 Å². The second kappa shape index (κ2) is 5.16. The first-order chi connectivity index (χ1) is 7.50. The summed E-state index contributed by atoms with van der Waals surface area (Å²) < 4.78 is 9.86. The van der Waals surface area contributed by atoms with Gasteiger partial charge in [0, 0.05) is 11.4 Å². The van der Waals surface area contributed by atoms with Crippen molar-refractivity contribution in [3.05, 3.63) is 0 Å². The summed E-state index contributed by atoms with van der Waals surface area (Å²) in [5.74, 6) is 0.790. The Morgan fingerprint density at radius 2 is 1.62 bits per heavy atom. The fourth-order valence-electron chi connectivity index (χ4n) is 0.913. The summed E-state index contributed by atoms with van der Waals surface area (Å²) >= 11 is 5.79. The van der Waals surface area contributed by atoms with Crippen LogP contribution in [0.5, 0.6) is 12.0 Å². The minimum absolute atomic E-state index is 0.194. The van der Waals surface area contributed by atoms with E-state index in [1.807, 2.05) is 13.8 Å². The molecule has 1 aromatic heterocycles. The third-order valence-corrected chi connectivity index (χ3v) is 2.41. The predicted molar refractivity (Wildman–Crippen MR) is 61.4 cm³/mol. The van der Waals surface area contributed by atoms with Crippen molar-refractivity contribution in [1.29, 1.82) is 0 Å². The average Bonchev–Trinajstić information content (AvgIpc) is 2.28. The van der Waals surface area contributed by atoms with Gasteiger partial charge in [-0.2, -0.15) is 9.97 Å². The van der Waals surface area contributed by atoms with E-state index in [0.717, 1.165) is 0 Å². The molecule has 1 aromatic rings. The molecule has 16 heavy (non-hydrogen) atoms. The van der Waals surface area contributed by atoms with Gasteiger partial charge in [-0.3, -0.25) is 0 Å². The molecule has 7 heteroatoms. The van der Waals surface area contributed by atoms with Gasteiger partial charge in [-0.15, -0.1) is 16.6 Å². The van der Waals surface area contributed by atoms with Crippen molar-refractivity contribution in [2.75, 3.05) is 25.4 Å². The Labute approximate surface area is 99.4 Å². The van der Waals surface area contributed by atoms with Gasteiger partial charge in [0.1, 0.15) is 0 Å². The maximum absolute atomic E-state index is 5.79. The molecule has 0 aliphatic heterocycles. The van der Waals surface area contributed by atoms with Crippen LogP contribution in [-0.4, -0.2) is 40.6 Å². The maximum Gasteiger partial charge on any atom is 0.324 e. The number of hydrogen-bond acceptors (Lipinski definition) is 6. The summed E-state index contributed by atoms with van der Waals surface area (Å²) in [6.45, 7) is 3.87. The van der Waals surface area contributed by atoms with Crippen LogP contribution in [0, 0.1) is 0 Å². The number of alkyl halides is 1. The van der Waals surface area contributed by atoms with E-state index in [1.165, 1.54) is 14.2 Å². The normalized spacial score (nSPS) is 11.1. The van der Waals surface area contributed by atoms with Crippen molar-refractivity contribution in [3.63, 3.8) is 0 Å². The molecule has 1 heterocycles. The van der Waals surface area contributed by atoms with Crippen LogP contribution in [-0.2, 0) is 0 Å². The van der Waals surface area contributed by atoms with Crippen LogP contribution in [0.1, 0.15) is 13.8 Å². The first-order valence-corrected chi connectivity index (χ1v) is 5.22. The number of rotatable bonds is 5. The van der Waals surface area contributed by atoms with Crippen molar-refractivity contribution in [3.8, 4) is 12.0 Å². The number of hydrogen-bond donors (Lipinski definition) is 1. The summed E-state index contributed by atoms with van der Waals surface area (Å²) in [7, 11) is 2.95. The van der Waals surface area contributed by atoms with E-state index in [2.05, 4.69) is 20.3 Å². The number of methoxy groups -OCH3 is 2. The van der Waals surface area contributed by atoms with E-state index in [-0.39, 0.29) is 17.6 Å². The monoisotopic (exact) mass is 246 g/mol. The van der Waals surface area contributed by atoms with E-state index in [0.29, 0.717) is 11.8 Å². The molecule has 6 nitrogen and oxygen atoms in total. The molecule has 0 saturated carbocycles. The highest BCUT2D eigenvalue weighted by Gasteiger charge is 2.18. The lowest BCUT2D eigenvalue weighted by Crippen LogP contribution is -2.33. The van der Waals surface area contributed by atoms with E-state index < -0.39 is 0 Å². The largest absolute Gasteiger partial charge is 0.467 e. The molecule has 0 aliphatic carbocycles. The lowest BCUT2D eigenvalue weighted by Gasteiger charge is -2.23. The molecule has 0 aliphatic rings. The van der Waals surface area contributed by atoms with Crippen LogP contribution in [0.4, 0.5) is 5.95 Å². The van der Waals surface area contributed by atoms with Crippen LogP contribution in [0.2, 0.25) is 0 Å². The molecule has 90 valence electrons. The molecular formula is C9H15ClN4O2. The van der Waals surface area contributed by atoms with Gasteiger partial charge in [-0.1, -0.05) is 0 Å². The lowest BCUT2D eigenvalue weighted by molar-refractivity contribution is 0.340. The van der Waals surface area contributed by atoms with E-state index in [9.17, 15) is 0 Å². The van der Waals surface area contributed by atoms with E-state index in [4.69, 9.17) is 21.1 Å². The quantitative estimate of drug-likeness (QED) is 0.791. The summed E-state index contributed by atoms with van der Waals surface area (Å²) in [6, 6.07) is 0.388. The Morgan fingerprint density at radius 1 is 1.12 bits per heavy atom. The average molecular weight is 247 g/mol. The molecule has 0 fully saturated rings. The van der Waals surface area contributed by atoms with Gasteiger partial charge in [0.15, 0.2) is 0 Å². The Kier molecular flexibility index (Phi) is 4.12. The molecule has 0 saturated heterocycles. The van der Waals surface area contributed by atoms with Gasteiger partial charge in [-0.25, -0.2) is 0 Å². The van der Waals surface area contributed by atoms with Gasteiger partial charge < -0.3 is 14.8 Å². The molecule has 0 spiro atoms. The van der Waals surface area contributed by atoms with Crippen LogP contribution < -0.4 is 14.8 Å². The smallest absolute Gasteiger partial charge is 0.324 e. The minimum Gasteiger partial charge on any atom is -0.467 e. The van der Waals surface area contributed by atoms with Crippen LogP contribution in [0.25, 0.3) is 0 Å². The molecule has 0 bridgehead atoms. The fourth-order valence-corrected chi connectivity index (χ4v) is 0.979. The van der Waals surface area contributed by atoms with Gasteiger partial charge in [-0.05, 0) is 13.8 Å². The predicted octanol–water partition coefficient (Wildman–Crippen LogP) is 1.32. The zero-order valence-corrected chi connectivity index (χ0v) is 10.5.